The minimum absolute atomic E-state index is 0.537. The fourth-order valence-electron chi connectivity index (χ4n) is 3.14. The van der Waals surface area contributed by atoms with Gasteiger partial charge in [-0.1, -0.05) is 24.3 Å². The molecule has 0 N–H and O–H groups in total. The van der Waals surface area contributed by atoms with E-state index in [9.17, 15) is 0 Å². The number of hydrogen-bond donors (Lipinski definition) is 0. The van der Waals surface area contributed by atoms with Crippen molar-refractivity contribution in [2.24, 2.45) is 10.9 Å². The first kappa shape index (κ1) is 18.9. The number of aromatic nitrogens is 1. The molecule has 138 valence electrons. The quantitative estimate of drug-likeness (QED) is 0.494. The fourth-order valence-corrected chi connectivity index (χ4v) is 3.56. The maximum absolute atomic E-state index is 6.05. The first-order valence-corrected chi connectivity index (χ1v) is 9.97. The molecular formula is C21H26BrN3O. The van der Waals surface area contributed by atoms with Gasteiger partial charge >= 0.3 is 0 Å². The third-order valence-corrected chi connectivity index (χ3v) is 5.47. The van der Waals surface area contributed by atoms with Gasteiger partial charge in [-0.3, -0.25) is 0 Å². The van der Waals surface area contributed by atoms with E-state index >= 15 is 0 Å². The Morgan fingerprint density at radius 1 is 1.35 bits per heavy atom. The van der Waals surface area contributed by atoms with Crippen molar-refractivity contribution in [3.8, 4) is 5.88 Å². The van der Waals surface area contributed by atoms with Gasteiger partial charge in [0.1, 0.15) is 0 Å². The largest absolute Gasteiger partial charge is 0.477 e. The van der Waals surface area contributed by atoms with E-state index in [1.54, 1.807) is 0 Å². The summed E-state index contributed by atoms with van der Waals surface area (Å²) >= 11 is 3.58. The summed E-state index contributed by atoms with van der Waals surface area (Å²) in [5.41, 5.74) is 4.67. The van der Waals surface area contributed by atoms with Crippen molar-refractivity contribution in [3.63, 3.8) is 0 Å². The van der Waals surface area contributed by atoms with Gasteiger partial charge in [0.2, 0.25) is 5.88 Å². The van der Waals surface area contributed by atoms with Crippen molar-refractivity contribution in [1.29, 1.82) is 0 Å². The molecular weight excluding hydrogens is 390 g/mol. The highest BCUT2D eigenvalue weighted by molar-refractivity contribution is 9.10. The molecule has 0 aliphatic heterocycles. The molecule has 0 radical (unpaired) electrons. The van der Waals surface area contributed by atoms with Gasteiger partial charge in [0.25, 0.3) is 0 Å². The SMILES string of the molecule is CCN(C)C=Nc1cc(Br)c(OCC2CCc3ccccc3C2)nc1C. The Morgan fingerprint density at radius 2 is 2.12 bits per heavy atom. The molecule has 1 aromatic carbocycles. The number of fused-ring (bicyclic) bond motifs is 1. The average molecular weight is 416 g/mol. The summed E-state index contributed by atoms with van der Waals surface area (Å²) in [5.74, 6) is 1.19. The number of benzene rings is 1. The second kappa shape index (κ2) is 8.67. The van der Waals surface area contributed by atoms with Crippen molar-refractivity contribution in [1.82, 2.24) is 9.88 Å². The standard InChI is InChI=1S/C21H26BrN3O/c1-4-25(3)14-23-20-12-19(22)21(24-15(20)2)26-13-16-9-10-17-7-5-6-8-18(17)11-16/h5-8,12,14,16H,4,9-11,13H2,1-3H3. The number of hydrogen-bond acceptors (Lipinski definition) is 3. The monoisotopic (exact) mass is 415 g/mol. The highest BCUT2D eigenvalue weighted by atomic mass is 79.9. The Morgan fingerprint density at radius 3 is 2.88 bits per heavy atom. The predicted octanol–water partition coefficient (Wildman–Crippen LogP) is 4.95. The van der Waals surface area contributed by atoms with Crippen LogP contribution in [-0.4, -0.2) is 36.4 Å². The maximum atomic E-state index is 6.05. The minimum atomic E-state index is 0.537. The Balaban J connectivity index is 1.64. The molecule has 0 amide bonds. The van der Waals surface area contributed by atoms with Crippen LogP contribution >= 0.6 is 15.9 Å². The van der Waals surface area contributed by atoms with Crippen LogP contribution in [0, 0.1) is 12.8 Å². The molecule has 4 nitrogen and oxygen atoms in total. The van der Waals surface area contributed by atoms with Gasteiger partial charge in [-0.05, 0) is 72.2 Å². The van der Waals surface area contributed by atoms with Crippen molar-refractivity contribution >= 4 is 28.0 Å². The molecule has 1 aliphatic rings. The fraction of sp³-hybridized carbons (Fsp3) is 0.429. The molecule has 1 aromatic heterocycles. The van der Waals surface area contributed by atoms with Crippen molar-refractivity contribution in [2.75, 3.05) is 20.2 Å². The summed E-state index contributed by atoms with van der Waals surface area (Å²) in [6, 6.07) is 10.7. The average Bonchev–Trinajstić information content (AvgIpc) is 2.66. The van der Waals surface area contributed by atoms with E-state index in [0.29, 0.717) is 18.4 Å². The Kier molecular flexibility index (Phi) is 6.30. The summed E-state index contributed by atoms with van der Waals surface area (Å²) in [7, 11) is 2.00. The molecule has 1 unspecified atom stereocenters. The van der Waals surface area contributed by atoms with Gasteiger partial charge < -0.3 is 9.64 Å². The molecule has 2 aromatic rings. The third kappa shape index (κ3) is 4.64. The summed E-state index contributed by atoms with van der Waals surface area (Å²) in [5, 5.41) is 0. The normalized spacial score (nSPS) is 16.5. The van der Waals surface area contributed by atoms with Crippen LogP contribution in [-0.2, 0) is 12.8 Å². The number of halogens is 1. The van der Waals surface area contributed by atoms with Crippen LogP contribution in [0.2, 0.25) is 0 Å². The molecule has 0 spiro atoms. The molecule has 1 aliphatic carbocycles. The molecule has 1 atom stereocenters. The van der Waals surface area contributed by atoms with E-state index in [4.69, 9.17) is 4.74 Å². The number of aliphatic imine (C=N–C) groups is 1. The van der Waals surface area contributed by atoms with E-state index in [1.165, 1.54) is 17.5 Å². The van der Waals surface area contributed by atoms with E-state index < -0.39 is 0 Å². The third-order valence-electron chi connectivity index (χ3n) is 4.91. The molecule has 26 heavy (non-hydrogen) atoms. The zero-order valence-corrected chi connectivity index (χ0v) is 17.3. The molecule has 3 rings (SSSR count). The van der Waals surface area contributed by atoms with Crippen LogP contribution in [0.1, 0.15) is 30.2 Å². The molecule has 0 fully saturated rings. The summed E-state index contributed by atoms with van der Waals surface area (Å²) in [6.45, 7) is 5.67. The summed E-state index contributed by atoms with van der Waals surface area (Å²) in [4.78, 5) is 11.1. The van der Waals surface area contributed by atoms with Crippen LogP contribution < -0.4 is 4.74 Å². The maximum Gasteiger partial charge on any atom is 0.228 e. The molecule has 5 heteroatoms. The van der Waals surface area contributed by atoms with Gasteiger partial charge in [-0.2, -0.15) is 0 Å². The number of rotatable bonds is 6. The first-order valence-electron chi connectivity index (χ1n) is 9.18. The van der Waals surface area contributed by atoms with Crippen LogP contribution in [0.15, 0.2) is 39.8 Å². The van der Waals surface area contributed by atoms with Gasteiger partial charge in [-0.25, -0.2) is 9.98 Å². The van der Waals surface area contributed by atoms with Crippen LogP contribution in [0.3, 0.4) is 0 Å². The van der Waals surface area contributed by atoms with E-state index in [2.05, 4.69) is 57.1 Å². The van der Waals surface area contributed by atoms with Gasteiger partial charge in [0, 0.05) is 13.6 Å². The van der Waals surface area contributed by atoms with Crippen LogP contribution in [0.25, 0.3) is 0 Å². The summed E-state index contributed by atoms with van der Waals surface area (Å²) < 4.78 is 6.91. The predicted molar refractivity (Wildman–Crippen MR) is 111 cm³/mol. The zero-order valence-electron chi connectivity index (χ0n) is 15.7. The number of ether oxygens (including phenoxy) is 1. The van der Waals surface area contributed by atoms with E-state index in [0.717, 1.165) is 35.2 Å². The molecule has 0 saturated carbocycles. The Hall–Kier alpha value is -1.88. The van der Waals surface area contributed by atoms with E-state index in [-0.39, 0.29) is 0 Å². The number of nitrogens with zero attached hydrogens (tertiary/aromatic N) is 3. The summed E-state index contributed by atoms with van der Waals surface area (Å²) in [6.07, 6.45) is 5.21. The van der Waals surface area contributed by atoms with Gasteiger partial charge in [-0.15, -0.1) is 0 Å². The molecule has 0 bridgehead atoms. The topological polar surface area (TPSA) is 37.7 Å². The van der Waals surface area contributed by atoms with Gasteiger partial charge in [0.05, 0.1) is 28.8 Å². The van der Waals surface area contributed by atoms with Crippen molar-refractivity contribution in [3.05, 3.63) is 51.6 Å². The smallest absolute Gasteiger partial charge is 0.228 e. The second-order valence-corrected chi connectivity index (χ2v) is 7.74. The Labute approximate surface area is 164 Å². The lowest BCUT2D eigenvalue weighted by Crippen LogP contribution is -2.21. The Bertz CT molecular complexity index is 791. The number of pyridine rings is 1. The second-order valence-electron chi connectivity index (χ2n) is 6.89. The highest BCUT2D eigenvalue weighted by Crippen LogP contribution is 2.31. The van der Waals surface area contributed by atoms with Gasteiger partial charge in [0.15, 0.2) is 0 Å². The number of aryl methyl sites for hydroxylation is 2. The van der Waals surface area contributed by atoms with Crippen molar-refractivity contribution < 1.29 is 4.74 Å². The minimum Gasteiger partial charge on any atom is -0.477 e. The molecule has 0 saturated heterocycles. The molecule has 1 heterocycles. The first-order chi connectivity index (χ1) is 12.6. The van der Waals surface area contributed by atoms with Crippen LogP contribution in [0.4, 0.5) is 5.69 Å². The van der Waals surface area contributed by atoms with E-state index in [1.807, 2.05) is 31.3 Å². The lowest BCUT2D eigenvalue weighted by molar-refractivity contribution is 0.225. The highest BCUT2D eigenvalue weighted by Gasteiger charge is 2.19. The van der Waals surface area contributed by atoms with Crippen LogP contribution in [0.5, 0.6) is 5.88 Å². The zero-order chi connectivity index (χ0) is 18.5. The van der Waals surface area contributed by atoms with Crippen molar-refractivity contribution in [2.45, 2.75) is 33.1 Å². The lowest BCUT2D eigenvalue weighted by atomic mass is 9.84. The lowest BCUT2D eigenvalue weighted by Gasteiger charge is -2.24.